The quantitative estimate of drug-likeness (QED) is 0.823. The molecular formula is C17H15Cl2N3. The molecule has 0 spiro atoms. The predicted octanol–water partition coefficient (Wildman–Crippen LogP) is 4.47. The van der Waals surface area contributed by atoms with Crippen LogP contribution < -0.4 is 5.73 Å². The van der Waals surface area contributed by atoms with Crippen molar-refractivity contribution in [1.29, 1.82) is 0 Å². The Morgan fingerprint density at radius 1 is 1.05 bits per heavy atom. The summed E-state index contributed by atoms with van der Waals surface area (Å²) in [4.78, 5) is 9.29. The molecule has 0 saturated carbocycles. The van der Waals surface area contributed by atoms with Crippen LogP contribution in [-0.4, -0.2) is 18.1 Å². The summed E-state index contributed by atoms with van der Waals surface area (Å²) in [5, 5.41) is 1.33. The first kappa shape index (κ1) is 15.1. The van der Waals surface area contributed by atoms with Crippen LogP contribution in [-0.2, 0) is 0 Å². The average Bonchev–Trinajstić information content (AvgIpc) is 2.50. The van der Waals surface area contributed by atoms with Gasteiger partial charge in [0.05, 0.1) is 11.4 Å². The third-order valence-corrected chi connectivity index (χ3v) is 4.10. The van der Waals surface area contributed by atoms with E-state index < -0.39 is 0 Å². The molecule has 0 saturated heterocycles. The zero-order chi connectivity index (χ0) is 15.7. The lowest BCUT2D eigenvalue weighted by molar-refractivity contribution is 0.775. The minimum atomic E-state index is 0.0890. The third kappa shape index (κ3) is 3.01. The van der Waals surface area contributed by atoms with Crippen LogP contribution in [0.1, 0.15) is 18.1 Å². The van der Waals surface area contributed by atoms with Crippen LogP contribution in [0, 0.1) is 5.92 Å². The van der Waals surface area contributed by atoms with Crippen molar-refractivity contribution in [1.82, 2.24) is 0 Å². The van der Waals surface area contributed by atoms with E-state index in [-0.39, 0.29) is 5.92 Å². The topological polar surface area (TPSA) is 50.7 Å². The lowest BCUT2D eigenvalue weighted by Crippen LogP contribution is -2.25. The van der Waals surface area contributed by atoms with Gasteiger partial charge < -0.3 is 5.73 Å². The van der Waals surface area contributed by atoms with Gasteiger partial charge in [-0.1, -0.05) is 42.3 Å². The molecule has 3 rings (SSSR count). The van der Waals surface area contributed by atoms with E-state index in [0.717, 1.165) is 22.5 Å². The summed E-state index contributed by atoms with van der Waals surface area (Å²) in [5.74, 6) is 0.675. The van der Waals surface area contributed by atoms with Crippen LogP contribution in [0.25, 0.3) is 0 Å². The Hall–Kier alpha value is -1.84. The fraction of sp³-hybridized carbons (Fsp3) is 0.176. The molecule has 112 valence electrons. The van der Waals surface area contributed by atoms with Crippen molar-refractivity contribution in [3.05, 3.63) is 63.6 Å². The second-order valence-electron chi connectivity index (χ2n) is 5.30. The highest BCUT2D eigenvalue weighted by Crippen LogP contribution is 2.28. The average molecular weight is 332 g/mol. The van der Waals surface area contributed by atoms with Crippen LogP contribution >= 0.6 is 23.2 Å². The van der Waals surface area contributed by atoms with Gasteiger partial charge in [-0.05, 0) is 30.3 Å². The minimum absolute atomic E-state index is 0.0890. The molecule has 0 radical (unpaired) electrons. The second-order valence-corrected chi connectivity index (χ2v) is 6.17. The molecule has 2 N–H and O–H groups in total. The van der Waals surface area contributed by atoms with Crippen molar-refractivity contribution in [2.75, 3.05) is 6.54 Å². The Labute approximate surface area is 139 Å². The van der Waals surface area contributed by atoms with Gasteiger partial charge in [0, 0.05) is 33.6 Å². The highest BCUT2D eigenvalue weighted by Gasteiger charge is 2.17. The molecule has 2 aromatic rings. The first-order valence-electron chi connectivity index (χ1n) is 6.99. The maximum absolute atomic E-state index is 6.16. The Morgan fingerprint density at radius 3 is 2.45 bits per heavy atom. The molecule has 22 heavy (non-hydrogen) atoms. The van der Waals surface area contributed by atoms with Crippen molar-refractivity contribution in [3.63, 3.8) is 0 Å². The van der Waals surface area contributed by atoms with E-state index in [1.54, 1.807) is 0 Å². The minimum Gasteiger partial charge on any atom is -0.387 e. The van der Waals surface area contributed by atoms with E-state index in [2.05, 4.69) is 4.99 Å². The zero-order valence-electron chi connectivity index (χ0n) is 12.1. The summed E-state index contributed by atoms with van der Waals surface area (Å²) in [6, 6.07) is 13.2. The number of hydrogen-bond acceptors (Lipinski definition) is 3. The van der Waals surface area contributed by atoms with E-state index in [1.807, 2.05) is 49.4 Å². The van der Waals surface area contributed by atoms with Crippen molar-refractivity contribution >= 4 is 40.4 Å². The lowest BCUT2D eigenvalue weighted by Gasteiger charge is -2.17. The number of rotatable bonds is 1. The molecule has 0 amide bonds. The zero-order valence-corrected chi connectivity index (χ0v) is 13.6. The second kappa shape index (κ2) is 6.11. The SMILES string of the molecule is CC1CN=C(c2ccc(Cl)cc2)c2cc(Cl)ccc2N=C1N. The number of nitrogens with two attached hydrogens (primary N) is 1. The van der Waals surface area contributed by atoms with Crippen molar-refractivity contribution in [2.24, 2.45) is 21.6 Å². The number of halogens is 2. The monoisotopic (exact) mass is 331 g/mol. The maximum atomic E-state index is 6.16. The van der Waals surface area contributed by atoms with E-state index >= 15 is 0 Å². The summed E-state index contributed by atoms with van der Waals surface area (Å²) < 4.78 is 0. The Bertz CT molecular complexity index is 764. The van der Waals surface area contributed by atoms with Gasteiger partial charge in [0.2, 0.25) is 0 Å². The Kier molecular flexibility index (Phi) is 4.19. The van der Waals surface area contributed by atoms with Gasteiger partial charge in [-0.2, -0.15) is 0 Å². The molecule has 0 aliphatic carbocycles. The molecule has 1 heterocycles. The summed E-state index contributed by atoms with van der Waals surface area (Å²) in [7, 11) is 0. The van der Waals surface area contributed by atoms with Gasteiger partial charge in [0.15, 0.2) is 0 Å². The summed E-state index contributed by atoms with van der Waals surface area (Å²) in [5.41, 5.74) is 9.53. The van der Waals surface area contributed by atoms with E-state index in [9.17, 15) is 0 Å². The highest BCUT2D eigenvalue weighted by atomic mass is 35.5. The molecule has 1 unspecified atom stereocenters. The van der Waals surface area contributed by atoms with Gasteiger partial charge in [-0.25, -0.2) is 4.99 Å². The van der Waals surface area contributed by atoms with E-state index in [0.29, 0.717) is 22.4 Å². The molecule has 3 nitrogen and oxygen atoms in total. The van der Waals surface area contributed by atoms with Crippen molar-refractivity contribution in [3.8, 4) is 0 Å². The maximum Gasteiger partial charge on any atom is 0.104 e. The normalized spacial score (nSPS) is 17.9. The lowest BCUT2D eigenvalue weighted by atomic mass is 9.99. The van der Waals surface area contributed by atoms with Crippen LogP contribution in [0.2, 0.25) is 10.0 Å². The summed E-state index contributed by atoms with van der Waals surface area (Å²) >= 11 is 12.1. The molecule has 5 heteroatoms. The predicted molar refractivity (Wildman–Crippen MR) is 93.9 cm³/mol. The van der Waals surface area contributed by atoms with Crippen LogP contribution in [0.15, 0.2) is 52.4 Å². The van der Waals surface area contributed by atoms with Crippen molar-refractivity contribution in [2.45, 2.75) is 6.92 Å². The van der Waals surface area contributed by atoms with Gasteiger partial charge in [-0.15, -0.1) is 0 Å². The van der Waals surface area contributed by atoms with Crippen molar-refractivity contribution < 1.29 is 0 Å². The summed E-state index contributed by atoms with van der Waals surface area (Å²) in [6.07, 6.45) is 0. The molecule has 0 bridgehead atoms. The summed E-state index contributed by atoms with van der Waals surface area (Å²) in [6.45, 7) is 2.60. The van der Waals surface area contributed by atoms with Crippen LogP contribution in [0.3, 0.4) is 0 Å². The molecule has 1 aliphatic heterocycles. The fourth-order valence-electron chi connectivity index (χ4n) is 2.31. The van der Waals surface area contributed by atoms with E-state index in [4.69, 9.17) is 33.9 Å². The number of nitrogens with zero attached hydrogens (tertiary/aromatic N) is 2. The number of fused-ring (bicyclic) bond motifs is 1. The van der Waals surface area contributed by atoms with Gasteiger partial charge in [-0.3, -0.25) is 4.99 Å². The third-order valence-electron chi connectivity index (χ3n) is 3.61. The largest absolute Gasteiger partial charge is 0.387 e. The number of amidine groups is 1. The van der Waals surface area contributed by atoms with Gasteiger partial charge in [0.25, 0.3) is 0 Å². The van der Waals surface area contributed by atoms with E-state index in [1.165, 1.54) is 0 Å². The van der Waals surface area contributed by atoms with Gasteiger partial charge in [0.1, 0.15) is 5.84 Å². The van der Waals surface area contributed by atoms with Gasteiger partial charge >= 0.3 is 0 Å². The molecule has 2 aromatic carbocycles. The first-order chi connectivity index (χ1) is 10.5. The Morgan fingerprint density at radius 2 is 1.73 bits per heavy atom. The highest BCUT2D eigenvalue weighted by molar-refractivity contribution is 6.32. The Balaban J connectivity index is 2.20. The number of benzene rings is 2. The van der Waals surface area contributed by atoms with Crippen LogP contribution in [0.5, 0.6) is 0 Å². The number of hydrogen-bond donors (Lipinski definition) is 1. The fourth-order valence-corrected chi connectivity index (χ4v) is 2.60. The molecular weight excluding hydrogens is 317 g/mol. The molecule has 1 atom stereocenters. The first-order valence-corrected chi connectivity index (χ1v) is 7.74. The van der Waals surface area contributed by atoms with Crippen LogP contribution in [0.4, 0.5) is 5.69 Å². The smallest absolute Gasteiger partial charge is 0.104 e. The molecule has 0 fully saturated rings. The number of aliphatic imine (C=N–C) groups is 2. The molecule has 1 aliphatic rings. The molecule has 0 aromatic heterocycles. The standard InChI is InChI=1S/C17H15Cl2N3/c1-10-9-21-16(11-2-4-12(18)5-3-11)14-8-13(19)6-7-15(14)22-17(10)20/h2-8,10H,9H2,1H3,(H2,20,22).